The van der Waals surface area contributed by atoms with Crippen LogP contribution in [0.3, 0.4) is 0 Å². The van der Waals surface area contributed by atoms with Gasteiger partial charge in [0, 0.05) is 29.7 Å². The van der Waals surface area contributed by atoms with Crippen LogP contribution in [0.2, 0.25) is 0 Å². The Morgan fingerprint density at radius 1 is 1.42 bits per heavy atom. The lowest BCUT2D eigenvalue weighted by atomic mass is 9.76. The number of hydrogen-bond acceptors (Lipinski definition) is 3. The van der Waals surface area contributed by atoms with Gasteiger partial charge in [-0.1, -0.05) is 30.7 Å². The van der Waals surface area contributed by atoms with E-state index in [4.69, 9.17) is 0 Å². The Labute approximate surface area is 142 Å². The Morgan fingerprint density at radius 3 is 2.96 bits per heavy atom. The van der Waals surface area contributed by atoms with Crippen molar-refractivity contribution in [2.24, 2.45) is 17.8 Å². The van der Waals surface area contributed by atoms with E-state index in [1.807, 2.05) is 0 Å². The number of aryl methyl sites for hydroxylation is 2. The van der Waals surface area contributed by atoms with Crippen LogP contribution in [0, 0.1) is 34.8 Å². The highest BCUT2D eigenvalue weighted by Gasteiger charge is 2.63. The van der Waals surface area contributed by atoms with E-state index >= 15 is 0 Å². The summed E-state index contributed by atoms with van der Waals surface area (Å²) in [6.45, 7) is 4.99. The van der Waals surface area contributed by atoms with Gasteiger partial charge in [-0.3, -0.25) is 14.9 Å². The van der Waals surface area contributed by atoms with E-state index in [0.717, 1.165) is 25.8 Å². The van der Waals surface area contributed by atoms with Crippen molar-refractivity contribution in [1.29, 1.82) is 0 Å². The predicted molar refractivity (Wildman–Crippen MR) is 90.1 cm³/mol. The molecule has 4 rings (SSSR count). The zero-order chi connectivity index (χ0) is 17.1. The molecule has 1 aliphatic carbocycles. The zero-order valence-corrected chi connectivity index (χ0v) is 14.3. The Kier molecular flexibility index (Phi) is 3.44. The number of hydrogen-bond donors (Lipinski definition) is 0. The van der Waals surface area contributed by atoms with Crippen LogP contribution < -0.4 is 0 Å². The summed E-state index contributed by atoms with van der Waals surface area (Å²) in [5, 5.41) is 11.2. The maximum Gasteiger partial charge on any atom is 0.223 e. The topological polar surface area (TPSA) is 63.5 Å². The number of amides is 1. The van der Waals surface area contributed by atoms with Gasteiger partial charge in [-0.05, 0) is 43.2 Å². The lowest BCUT2D eigenvalue weighted by Gasteiger charge is -2.39. The molecular formula is C19H24N2O3. The van der Waals surface area contributed by atoms with Gasteiger partial charge in [0.1, 0.15) is 0 Å². The van der Waals surface area contributed by atoms with Crippen LogP contribution in [0.1, 0.15) is 42.9 Å². The molecule has 3 aliphatic rings. The van der Waals surface area contributed by atoms with Gasteiger partial charge in [0.2, 0.25) is 12.5 Å². The second-order valence-electron chi connectivity index (χ2n) is 7.90. The highest BCUT2D eigenvalue weighted by atomic mass is 16.6. The summed E-state index contributed by atoms with van der Waals surface area (Å²) in [6.07, 6.45) is 3.29. The monoisotopic (exact) mass is 328 g/mol. The first-order valence-electron chi connectivity index (χ1n) is 8.96. The Balaban J connectivity index is 1.88. The number of fused-ring (bicyclic) bond motifs is 1. The van der Waals surface area contributed by atoms with Gasteiger partial charge in [0.15, 0.2) is 0 Å². The highest BCUT2D eigenvalue weighted by molar-refractivity contribution is 5.81. The third kappa shape index (κ3) is 2.03. The molecule has 5 heteroatoms. The molecule has 1 aromatic carbocycles. The van der Waals surface area contributed by atoms with Crippen LogP contribution >= 0.6 is 0 Å². The molecule has 0 N–H and O–H groups in total. The highest BCUT2D eigenvalue weighted by Crippen LogP contribution is 2.60. The van der Waals surface area contributed by atoms with Crippen molar-refractivity contribution >= 4 is 5.91 Å². The van der Waals surface area contributed by atoms with E-state index in [9.17, 15) is 14.9 Å². The SMILES string of the molecule is Cc1ccc2c(c1)CCCN1C(=O)C[C@H]3[C@H](C[N+](=O)[O-])[C@@H](C)CC231. The van der Waals surface area contributed by atoms with E-state index in [0.29, 0.717) is 6.42 Å². The van der Waals surface area contributed by atoms with Crippen molar-refractivity contribution in [1.82, 2.24) is 4.90 Å². The molecule has 1 saturated carbocycles. The first kappa shape index (κ1) is 15.6. The molecule has 0 bridgehead atoms. The normalized spacial score (nSPS) is 34.5. The van der Waals surface area contributed by atoms with Crippen molar-refractivity contribution < 1.29 is 9.72 Å². The fraction of sp³-hybridized carbons (Fsp3) is 0.632. The maximum absolute atomic E-state index is 12.7. The van der Waals surface area contributed by atoms with E-state index in [1.54, 1.807) is 0 Å². The van der Waals surface area contributed by atoms with Gasteiger partial charge in [-0.25, -0.2) is 0 Å². The second-order valence-corrected chi connectivity index (χ2v) is 7.90. The first-order chi connectivity index (χ1) is 11.4. The van der Waals surface area contributed by atoms with Gasteiger partial charge < -0.3 is 4.90 Å². The third-order valence-electron chi connectivity index (χ3n) is 6.59. The lowest BCUT2D eigenvalue weighted by Crippen LogP contribution is -2.45. The number of carbonyl (C=O) groups excluding carboxylic acids is 1. The molecule has 5 nitrogen and oxygen atoms in total. The Morgan fingerprint density at radius 2 is 2.21 bits per heavy atom. The van der Waals surface area contributed by atoms with Gasteiger partial charge in [-0.2, -0.15) is 0 Å². The van der Waals surface area contributed by atoms with Crippen LogP contribution in [-0.4, -0.2) is 28.8 Å². The Bertz CT molecular complexity index is 717. The molecule has 2 fully saturated rings. The molecule has 2 aliphatic heterocycles. The van der Waals surface area contributed by atoms with Crippen molar-refractivity contribution in [3.8, 4) is 0 Å². The molecule has 2 heterocycles. The summed E-state index contributed by atoms with van der Waals surface area (Å²) in [6, 6.07) is 6.57. The molecule has 1 unspecified atom stereocenters. The smallest absolute Gasteiger partial charge is 0.223 e. The minimum absolute atomic E-state index is 0.0128. The maximum atomic E-state index is 12.7. The molecule has 24 heavy (non-hydrogen) atoms. The fourth-order valence-electron chi connectivity index (χ4n) is 5.73. The average Bonchev–Trinajstić information content (AvgIpc) is 2.84. The fourth-order valence-corrected chi connectivity index (χ4v) is 5.73. The first-order valence-corrected chi connectivity index (χ1v) is 8.96. The van der Waals surface area contributed by atoms with Gasteiger partial charge in [-0.15, -0.1) is 0 Å². The minimum atomic E-state index is -0.309. The van der Waals surface area contributed by atoms with Crippen LogP contribution in [0.4, 0.5) is 0 Å². The van der Waals surface area contributed by atoms with E-state index in [2.05, 4.69) is 36.9 Å². The molecular weight excluding hydrogens is 304 g/mol. The summed E-state index contributed by atoms with van der Waals surface area (Å²) in [4.78, 5) is 25.8. The molecule has 1 saturated heterocycles. The molecule has 4 atom stereocenters. The zero-order valence-electron chi connectivity index (χ0n) is 14.3. The van der Waals surface area contributed by atoms with Crippen LogP contribution in [-0.2, 0) is 16.8 Å². The van der Waals surface area contributed by atoms with Crippen LogP contribution in [0.25, 0.3) is 0 Å². The standard InChI is InChI=1S/C19H24N2O3/c1-12-5-6-16-14(8-12)4-3-7-20-18(22)9-17-15(11-21(23)24)13(2)10-19(16,17)20/h5-6,8,13,15,17H,3-4,7,9-11H2,1-2H3/t13-,15+,17-,19?/m0/s1. The van der Waals surface area contributed by atoms with E-state index < -0.39 is 0 Å². The number of benzene rings is 1. The number of nitro groups is 1. The number of carbonyl (C=O) groups is 1. The van der Waals surface area contributed by atoms with Crippen molar-refractivity contribution in [2.75, 3.05) is 13.1 Å². The second kappa shape index (κ2) is 5.30. The van der Waals surface area contributed by atoms with Gasteiger partial charge >= 0.3 is 0 Å². The molecule has 0 aromatic heterocycles. The summed E-state index contributed by atoms with van der Waals surface area (Å²) in [5.41, 5.74) is 3.54. The molecule has 1 spiro atoms. The lowest BCUT2D eigenvalue weighted by molar-refractivity contribution is -0.491. The van der Waals surface area contributed by atoms with Crippen molar-refractivity contribution in [2.45, 2.75) is 45.1 Å². The average molecular weight is 328 g/mol. The van der Waals surface area contributed by atoms with Crippen LogP contribution in [0.5, 0.6) is 0 Å². The van der Waals surface area contributed by atoms with E-state index in [-0.39, 0.29) is 40.7 Å². The largest absolute Gasteiger partial charge is 0.333 e. The van der Waals surface area contributed by atoms with Crippen molar-refractivity contribution in [3.63, 3.8) is 0 Å². The molecule has 0 radical (unpaired) electrons. The Hall–Kier alpha value is -1.91. The van der Waals surface area contributed by atoms with Gasteiger partial charge in [0.25, 0.3) is 0 Å². The number of nitrogens with zero attached hydrogens (tertiary/aromatic N) is 2. The van der Waals surface area contributed by atoms with Gasteiger partial charge in [0.05, 0.1) is 5.54 Å². The summed E-state index contributed by atoms with van der Waals surface area (Å²) in [5.74, 6) is 0.517. The quantitative estimate of drug-likeness (QED) is 0.619. The predicted octanol–water partition coefficient (Wildman–Crippen LogP) is 2.92. The molecule has 1 aromatic rings. The summed E-state index contributed by atoms with van der Waals surface area (Å²) < 4.78 is 0. The number of rotatable bonds is 2. The van der Waals surface area contributed by atoms with Crippen LogP contribution in [0.15, 0.2) is 18.2 Å². The molecule has 128 valence electrons. The summed E-state index contributed by atoms with van der Waals surface area (Å²) >= 11 is 0. The third-order valence-corrected chi connectivity index (χ3v) is 6.59. The van der Waals surface area contributed by atoms with Crippen molar-refractivity contribution in [3.05, 3.63) is 45.0 Å². The van der Waals surface area contributed by atoms with E-state index in [1.165, 1.54) is 16.7 Å². The summed E-state index contributed by atoms with van der Waals surface area (Å²) in [7, 11) is 0. The minimum Gasteiger partial charge on any atom is -0.333 e. The molecule has 1 amide bonds.